The van der Waals surface area contributed by atoms with Crippen LogP contribution in [0.2, 0.25) is 5.02 Å². The number of fused-ring (bicyclic) bond motifs is 1. The van der Waals surface area contributed by atoms with Gasteiger partial charge in [-0.15, -0.1) is 0 Å². The third kappa shape index (κ3) is 6.06. The number of carbonyl (C=O) groups excluding carboxylic acids is 2. The summed E-state index contributed by atoms with van der Waals surface area (Å²) in [6.07, 6.45) is 2.93. The molecule has 0 spiro atoms. The van der Waals surface area contributed by atoms with E-state index in [-0.39, 0.29) is 37.6 Å². The van der Waals surface area contributed by atoms with Crippen LogP contribution in [-0.4, -0.2) is 71.1 Å². The number of aliphatic hydroxyl groups is 1. The number of halogens is 1. The molecule has 2 heterocycles. The summed E-state index contributed by atoms with van der Waals surface area (Å²) in [5.74, 6) is -0.437. The van der Waals surface area contributed by atoms with Crippen LogP contribution in [0.3, 0.4) is 0 Å². The molecule has 0 aliphatic carbocycles. The smallest absolute Gasteiger partial charge is 0.272 e. The summed E-state index contributed by atoms with van der Waals surface area (Å²) in [5, 5.41) is 16.8. The first-order valence-corrected chi connectivity index (χ1v) is 11.0. The van der Waals surface area contributed by atoms with Crippen LogP contribution in [0.4, 0.5) is 0 Å². The zero-order valence-electron chi connectivity index (χ0n) is 17.7. The number of nitrogens with zero attached hydrogens (tertiary/aromatic N) is 3. The van der Waals surface area contributed by atoms with E-state index < -0.39 is 0 Å². The lowest BCUT2D eigenvalue weighted by molar-refractivity contribution is -0.122. The highest BCUT2D eigenvalue weighted by molar-refractivity contribution is 6.30. The molecule has 0 fully saturated rings. The van der Waals surface area contributed by atoms with E-state index in [0.29, 0.717) is 36.1 Å². The molecule has 1 unspecified atom stereocenters. The second kappa shape index (κ2) is 11.3. The predicted octanol–water partition coefficient (Wildman–Crippen LogP) is 2.52. The number of nitrogens with one attached hydrogen (secondary N) is 1. The van der Waals surface area contributed by atoms with Crippen LogP contribution in [-0.2, 0) is 9.53 Å². The van der Waals surface area contributed by atoms with Gasteiger partial charge in [0.15, 0.2) is 0 Å². The summed E-state index contributed by atoms with van der Waals surface area (Å²) in [5.41, 5.74) is 2.10. The van der Waals surface area contributed by atoms with Gasteiger partial charge in [-0.3, -0.25) is 14.3 Å². The Balaban J connectivity index is 1.73. The molecule has 1 aromatic heterocycles. The Morgan fingerprint density at radius 2 is 2.10 bits per heavy atom. The van der Waals surface area contributed by atoms with Crippen molar-refractivity contribution in [2.24, 2.45) is 0 Å². The first-order valence-electron chi connectivity index (χ1n) is 10.6. The summed E-state index contributed by atoms with van der Waals surface area (Å²) >= 11 is 5.99. The second-order valence-corrected chi connectivity index (χ2v) is 7.97. The number of ether oxygens (including phenoxy) is 1. The Kier molecular flexibility index (Phi) is 8.45. The number of benzene rings is 1. The molecule has 0 saturated carbocycles. The number of hydrogen-bond acceptors (Lipinski definition) is 5. The van der Waals surface area contributed by atoms with Crippen molar-refractivity contribution < 1.29 is 19.4 Å². The topological polar surface area (TPSA) is 96.7 Å². The molecule has 2 amide bonds. The number of aromatic nitrogens is 2. The maximum atomic E-state index is 13.1. The lowest BCUT2D eigenvalue weighted by atomic mass is 10.1. The normalized spacial score (nSPS) is 15.8. The van der Waals surface area contributed by atoms with Gasteiger partial charge < -0.3 is 20.1 Å². The fourth-order valence-corrected chi connectivity index (χ4v) is 3.75. The highest BCUT2D eigenvalue weighted by Gasteiger charge is 2.33. The molecule has 3 rings (SSSR count). The van der Waals surface area contributed by atoms with Gasteiger partial charge in [-0.1, -0.05) is 43.5 Å². The molecule has 1 aliphatic heterocycles. The van der Waals surface area contributed by atoms with Gasteiger partial charge in [0.05, 0.1) is 38.1 Å². The number of rotatable bonds is 11. The first-order chi connectivity index (χ1) is 15.0. The molecule has 0 radical (unpaired) electrons. The van der Waals surface area contributed by atoms with Crippen LogP contribution < -0.4 is 5.32 Å². The molecule has 2 N–H and O–H groups in total. The number of aliphatic hydroxyl groups excluding tert-OH is 1. The van der Waals surface area contributed by atoms with E-state index in [9.17, 15) is 9.59 Å². The average Bonchev–Trinajstić information content (AvgIpc) is 3.21. The Hall–Kier alpha value is -2.42. The summed E-state index contributed by atoms with van der Waals surface area (Å²) in [6.45, 7) is 3.39. The van der Waals surface area contributed by atoms with Crippen LogP contribution in [0.5, 0.6) is 0 Å². The van der Waals surface area contributed by atoms with Crippen molar-refractivity contribution in [3.63, 3.8) is 0 Å². The highest BCUT2D eigenvalue weighted by atomic mass is 35.5. The van der Waals surface area contributed by atoms with Crippen LogP contribution in [0, 0.1) is 0 Å². The van der Waals surface area contributed by atoms with E-state index in [1.54, 1.807) is 23.1 Å². The maximum absolute atomic E-state index is 13.1. The summed E-state index contributed by atoms with van der Waals surface area (Å²) in [6, 6.07) is 9.17. The quantitative estimate of drug-likeness (QED) is 0.515. The molecule has 1 aliphatic rings. The van der Waals surface area contributed by atoms with Crippen LogP contribution in [0.15, 0.2) is 30.3 Å². The van der Waals surface area contributed by atoms with Crippen molar-refractivity contribution in [1.29, 1.82) is 0 Å². The molecule has 9 heteroatoms. The number of carbonyl (C=O) groups is 2. The molecular formula is C22H29ClN4O4. The van der Waals surface area contributed by atoms with Crippen molar-refractivity contribution in [3.8, 4) is 11.3 Å². The maximum Gasteiger partial charge on any atom is 0.272 e. The molecule has 0 bridgehead atoms. The Morgan fingerprint density at radius 1 is 1.32 bits per heavy atom. The largest absolute Gasteiger partial charge is 0.394 e. The third-order valence-electron chi connectivity index (χ3n) is 5.19. The van der Waals surface area contributed by atoms with Gasteiger partial charge in [0, 0.05) is 23.7 Å². The number of amides is 2. The van der Waals surface area contributed by atoms with Crippen molar-refractivity contribution in [2.75, 3.05) is 39.5 Å². The van der Waals surface area contributed by atoms with Gasteiger partial charge in [0.1, 0.15) is 5.69 Å². The van der Waals surface area contributed by atoms with E-state index in [0.717, 1.165) is 24.8 Å². The van der Waals surface area contributed by atoms with Crippen LogP contribution in [0.1, 0.15) is 42.7 Å². The Bertz CT molecular complexity index is 884. The fourth-order valence-electron chi connectivity index (χ4n) is 3.62. The van der Waals surface area contributed by atoms with Gasteiger partial charge in [-0.2, -0.15) is 5.10 Å². The Morgan fingerprint density at radius 3 is 2.81 bits per heavy atom. The highest BCUT2D eigenvalue weighted by Crippen LogP contribution is 2.29. The zero-order valence-corrected chi connectivity index (χ0v) is 18.5. The van der Waals surface area contributed by atoms with E-state index in [1.165, 1.54) is 0 Å². The van der Waals surface area contributed by atoms with E-state index in [4.69, 9.17) is 26.5 Å². The lowest BCUT2D eigenvalue weighted by Crippen LogP contribution is -2.48. The summed E-state index contributed by atoms with van der Waals surface area (Å²) in [7, 11) is 0. The zero-order chi connectivity index (χ0) is 22.2. The monoisotopic (exact) mass is 448 g/mol. The van der Waals surface area contributed by atoms with Gasteiger partial charge >= 0.3 is 0 Å². The van der Waals surface area contributed by atoms with E-state index >= 15 is 0 Å². The third-order valence-corrected chi connectivity index (χ3v) is 5.44. The minimum Gasteiger partial charge on any atom is -0.394 e. The predicted molar refractivity (Wildman–Crippen MR) is 118 cm³/mol. The minimum atomic E-state index is -0.235. The average molecular weight is 449 g/mol. The lowest BCUT2D eigenvalue weighted by Gasteiger charge is -2.33. The van der Waals surface area contributed by atoms with Gasteiger partial charge in [0.2, 0.25) is 5.91 Å². The molecule has 1 aromatic carbocycles. The summed E-state index contributed by atoms with van der Waals surface area (Å²) < 4.78 is 6.96. The molecule has 2 aromatic rings. The second-order valence-electron chi connectivity index (χ2n) is 7.53. The molecular weight excluding hydrogens is 420 g/mol. The van der Waals surface area contributed by atoms with E-state index in [2.05, 4.69) is 12.2 Å². The SMILES string of the molecule is CCCCC1CN(CC(=O)NCCOCCO)C(=O)c2cc(-c3ccc(Cl)cc3)nn21. The van der Waals surface area contributed by atoms with Crippen molar-refractivity contribution >= 4 is 23.4 Å². The fraction of sp³-hybridized carbons (Fsp3) is 0.500. The molecule has 1 atom stereocenters. The molecule has 31 heavy (non-hydrogen) atoms. The van der Waals surface area contributed by atoms with Crippen molar-refractivity contribution in [2.45, 2.75) is 32.2 Å². The van der Waals surface area contributed by atoms with Crippen molar-refractivity contribution in [3.05, 3.63) is 41.0 Å². The molecule has 0 saturated heterocycles. The van der Waals surface area contributed by atoms with Crippen molar-refractivity contribution in [1.82, 2.24) is 20.0 Å². The number of hydrogen-bond donors (Lipinski definition) is 2. The van der Waals surface area contributed by atoms with Crippen LogP contribution in [0.25, 0.3) is 11.3 Å². The minimum absolute atomic E-state index is 0.0110. The molecule has 168 valence electrons. The number of unbranched alkanes of at least 4 members (excludes halogenated alkanes) is 1. The van der Waals surface area contributed by atoms with Gasteiger partial charge in [0.25, 0.3) is 5.91 Å². The standard InChI is InChI=1S/C22H29ClN4O4/c1-2-3-4-18-14-26(15-21(29)24-9-11-31-12-10-28)22(30)20-13-19(25-27(18)20)16-5-7-17(23)8-6-16/h5-8,13,18,28H,2-4,9-12,14-15H2,1H3,(H,24,29). The Labute approximate surface area is 187 Å². The van der Waals surface area contributed by atoms with Gasteiger partial charge in [-0.25, -0.2) is 0 Å². The molecule has 8 nitrogen and oxygen atoms in total. The summed E-state index contributed by atoms with van der Waals surface area (Å²) in [4.78, 5) is 27.0. The van der Waals surface area contributed by atoms with Crippen LogP contribution >= 0.6 is 11.6 Å². The van der Waals surface area contributed by atoms with Gasteiger partial charge in [-0.05, 0) is 24.6 Å². The van der Waals surface area contributed by atoms with E-state index in [1.807, 2.05) is 16.8 Å². The first kappa shape index (κ1) is 23.2.